The Bertz CT molecular complexity index is 1150. The number of carbonyl (C=O) groups is 1. The number of amides is 1. The number of ether oxygens (including phenoxy) is 1. The number of anilines is 2. The van der Waals surface area contributed by atoms with Crippen molar-refractivity contribution >= 4 is 44.3 Å². The first-order valence-corrected chi connectivity index (χ1v) is 13.1. The lowest BCUT2D eigenvalue weighted by Crippen LogP contribution is -2.37. The van der Waals surface area contributed by atoms with Crippen LogP contribution in [0.4, 0.5) is 17.1 Å². The molecule has 2 fully saturated rings. The van der Waals surface area contributed by atoms with Gasteiger partial charge in [-0.3, -0.25) is 14.9 Å². The molecule has 2 saturated heterocycles. The molecule has 0 spiro atoms. The third kappa shape index (κ3) is 5.03. The lowest BCUT2D eigenvalue weighted by Gasteiger charge is -2.31. The van der Waals surface area contributed by atoms with Crippen LogP contribution in [0.2, 0.25) is 0 Å². The van der Waals surface area contributed by atoms with Gasteiger partial charge in [0.15, 0.2) is 0 Å². The van der Waals surface area contributed by atoms with Crippen LogP contribution in [0.5, 0.6) is 0 Å². The molecule has 2 aliphatic rings. The first-order chi connectivity index (χ1) is 15.8. The van der Waals surface area contributed by atoms with Crippen LogP contribution in [-0.4, -0.2) is 62.9 Å². The number of thiophene rings is 1. The maximum Gasteiger partial charge on any atom is 0.283 e. The van der Waals surface area contributed by atoms with Gasteiger partial charge in [0.25, 0.3) is 11.6 Å². The number of hydrogen-bond acceptors (Lipinski definition) is 8. The Kier molecular flexibility index (Phi) is 6.98. The van der Waals surface area contributed by atoms with Crippen molar-refractivity contribution in [3.8, 4) is 0 Å². The van der Waals surface area contributed by atoms with Gasteiger partial charge in [-0.2, -0.15) is 4.31 Å². The predicted molar refractivity (Wildman–Crippen MR) is 126 cm³/mol. The maximum absolute atomic E-state index is 13.2. The second-order valence-corrected chi connectivity index (χ2v) is 11.2. The molecule has 2 aromatic rings. The molecular weight excluding hydrogens is 468 g/mol. The summed E-state index contributed by atoms with van der Waals surface area (Å²) in [4.78, 5) is 26.4. The molecule has 0 unspecified atom stereocenters. The zero-order valence-electron chi connectivity index (χ0n) is 18.3. The number of rotatable bonds is 6. The molecule has 1 aromatic heterocycles. The monoisotopic (exact) mass is 494 g/mol. The van der Waals surface area contributed by atoms with Gasteiger partial charge in [-0.15, -0.1) is 11.3 Å². The van der Waals surface area contributed by atoms with Crippen LogP contribution >= 0.6 is 11.3 Å². The smallest absolute Gasteiger partial charge is 0.283 e. The van der Waals surface area contributed by atoms with Crippen molar-refractivity contribution in [3.63, 3.8) is 0 Å². The van der Waals surface area contributed by atoms with Crippen LogP contribution in [0.1, 0.15) is 33.8 Å². The normalized spacial score (nSPS) is 17.7. The van der Waals surface area contributed by atoms with E-state index in [4.69, 9.17) is 4.74 Å². The van der Waals surface area contributed by atoms with Gasteiger partial charge in [0, 0.05) is 32.2 Å². The minimum absolute atomic E-state index is 0.111. The van der Waals surface area contributed by atoms with Crippen molar-refractivity contribution in [3.05, 3.63) is 44.1 Å². The number of benzene rings is 1. The first kappa shape index (κ1) is 23.6. The number of carbonyl (C=O) groups excluding carboxylic acids is 1. The maximum atomic E-state index is 13.2. The van der Waals surface area contributed by atoms with E-state index in [9.17, 15) is 23.3 Å². The average molecular weight is 495 g/mol. The molecular formula is C21H26N4O6S2. The largest absolute Gasteiger partial charge is 0.378 e. The van der Waals surface area contributed by atoms with Crippen LogP contribution in [0.25, 0.3) is 0 Å². The number of sulfonamides is 1. The fourth-order valence-corrected chi connectivity index (χ4v) is 6.49. The highest BCUT2D eigenvalue weighted by Crippen LogP contribution is 2.33. The Hall–Kier alpha value is -2.54. The van der Waals surface area contributed by atoms with E-state index >= 15 is 0 Å². The van der Waals surface area contributed by atoms with E-state index in [0.717, 1.165) is 30.6 Å². The van der Waals surface area contributed by atoms with Crippen LogP contribution in [-0.2, 0) is 14.8 Å². The van der Waals surface area contributed by atoms with Crippen LogP contribution in [0.15, 0.2) is 29.2 Å². The molecule has 10 nitrogen and oxygen atoms in total. The summed E-state index contributed by atoms with van der Waals surface area (Å²) in [7, 11) is -3.69. The molecule has 0 aliphatic carbocycles. The van der Waals surface area contributed by atoms with E-state index < -0.39 is 20.9 Å². The molecule has 2 aliphatic heterocycles. The minimum atomic E-state index is -3.69. The van der Waals surface area contributed by atoms with Gasteiger partial charge in [0.1, 0.15) is 0 Å². The zero-order valence-corrected chi connectivity index (χ0v) is 19.9. The van der Waals surface area contributed by atoms with Crippen molar-refractivity contribution in [2.24, 2.45) is 0 Å². The molecule has 0 bridgehead atoms. The number of nitrogens with one attached hydrogen (secondary N) is 1. The topological polar surface area (TPSA) is 122 Å². The first-order valence-electron chi connectivity index (χ1n) is 10.8. The summed E-state index contributed by atoms with van der Waals surface area (Å²) < 4.78 is 33.3. The number of nitrogens with zero attached hydrogens (tertiary/aromatic N) is 3. The number of hydrogen-bond donors (Lipinski definition) is 1. The fourth-order valence-electron chi connectivity index (χ4n) is 4.06. The molecule has 0 atom stereocenters. The van der Waals surface area contributed by atoms with E-state index in [1.807, 2.05) is 4.90 Å². The minimum Gasteiger partial charge on any atom is -0.378 e. The summed E-state index contributed by atoms with van der Waals surface area (Å²) in [5, 5.41) is 14.0. The number of piperidine rings is 1. The summed E-state index contributed by atoms with van der Waals surface area (Å²) in [6.45, 7) is 4.80. The number of aryl methyl sites for hydroxylation is 1. The standard InChI is InChI=1S/C21H26N4O6S2/c1-15-19(25(27)28)14-20(32-15)21(26)22-17-13-16(33(29,30)24-7-3-2-4-8-24)5-6-18(17)23-9-11-31-12-10-23/h5-6,13-14H,2-4,7-12H2,1H3,(H,22,26). The van der Waals surface area contributed by atoms with Gasteiger partial charge in [-0.1, -0.05) is 6.42 Å². The van der Waals surface area contributed by atoms with Gasteiger partial charge in [0.05, 0.1) is 44.2 Å². The van der Waals surface area contributed by atoms with Crippen LogP contribution in [0, 0.1) is 17.0 Å². The van der Waals surface area contributed by atoms with Crippen LogP contribution < -0.4 is 10.2 Å². The van der Waals surface area contributed by atoms with Gasteiger partial charge < -0.3 is 15.0 Å². The Labute approximate surface area is 196 Å². The SMILES string of the molecule is Cc1sc(C(=O)Nc2cc(S(=O)(=O)N3CCCCC3)ccc2N2CCOCC2)cc1[N+](=O)[O-]. The van der Waals surface area contributed by atoms with Gasteiger partial charge in [0.2, 0.25) is 10.0 Å². The fraction of sp³-hybridized carbons (Fsp3) is 0.476. The van der Waals surface area contributed by atoms with Crippen molar-refractivity contribution in [2.75, 3.05) is 49.6 Å². The molecule has 12 heteroatoms. The molecule has 3 heterocycles. The summed E-state index contributed by atoms with van der Waals surface area (Å²) in [6, 6.07) is 6.02. The predicted octanol–water partition coefficient (Wildman–Crippen LogP) is 3.23. The van der Waals surface area contributed by atoms with E-state index in [2.05, 4.69) is 5.32 Å². The second-order valence-electron chi connectivity index (χ2n) is 8.01. The van der Waals surface area contributed by atoms with E-state index in [0.29, 0.717) is 55.6 Å². The molecule has 4 rings (SSSR count). The highest BCUT2D eigenvalue weighted by Gasteiger charge is 2.28. The lowest BCUT2D eigenvalue weighted by molar-refractivity contribution is -0.385. The summed E-state index contributed by atoms with van der Waals surface area (Å²) in [5.41, 5.74) is 0.931. The summed E-state index contributed by atoms with van der Waals surface area (Å²) in [5.74, 6) is -0.516. The molecule has 1 N–H and O–H groups in total. The zero-order chi connectivity index (χ0) is 23.6. The Morgan fingerprint density at radius 3 is 2.45 bits per heavy atom. The van der Waals surface area contributed by atoms with E-state index in [1.54, 1.807) is 19.1 Å². The quantitative estimate of drug-likeness (QED) is 0.483. The van der Waals surface area contributed by atoms with Crippen molar-refractivity contribution in [1.82, 2.24) is 4.31 Å². The number of morpholine rings is 1. The molecule has 0 radical (unpaired) electrons. The van der Waals surface area contributed by atoms with Crippen molar-refractivity contribution in [2.45, 2.75) is 31.1 Å². The Balaban J connectivity index is 1.68. The van der Waals surface area contributed by atoms with Gasteiger partial charge in [-0.25, -0.2) is 8.42 Å². The highest BCUT2D eigenvalue weighted by molar-refractivity contribution is 7.89. The third-order valence-corrected chi connectivity index (χ3v) is 8.77. The van der Waals surface area contributed by atoms with Gasteiger partial charge >= 0.3 is 0 Å². The molecule has 1 amide bonds. The Morgan fingerprint density at radius 1 is 1.12 bits per heavy atom. The van der Waals surface area contributed by atoms with E-state index in [-0.39, 0.29) is 15.5 Å². The molecule has 178 valence electrons. The number of nitro groups is 1. The third-order valence-electron chi connectivity index (χ3n) is 5.83. The molecule has 33 heavy (non-hydrogen) atoms. The van der Waals surface area contributed by atoms with E-state index in [1.165, 1.54) is 16.4 Å². The summed E-state index contributed by atoms with van der Waals surface area (Å²) >= 11 is 1.03. The van der Waals surface area contributed by atoms with Crippen molar-refractivity contribution in [1.29, 1.82) is 0 Å². The Morgan fingerprint density at radius 2 is 1.82 bits per heavy atom. The molecule has 1 aromatic carbocycles. The second kappa shape index (κ2) is 9.75. The summed E-state index contributed by atoms with van der Waals surface area (Å²) in [6.07, 6.45) is 2.66. The highest BCUT2D eigenvalue weighted by atomic mass is 32.2. The van der Waals surface area contributed by atoms with Gasteiger partial charge in [-0.05, 0) is 38.0 Å². The molecule has 0 saturated carbocycles. The average Bonchev–Trinajstić information content (AvgIpc) is 3.22. The van der Waals surface area contributed by atoms with Crippen LogP contribution in [0.3, 0.4) is 0 Å². The van der Waals surface area contributed by atoms with Crippen molar-refractivity contribution < 1.29 is 22.9 Å². The lowest BCUT2D eigenvalue weighted by atomic mass is 10.2.